The van der Waals surface area contributed by atoms with Crippen molar-refractivity contribution in [2.24, 2.45) is 5.92 Å². The standard InChI is InChI=1S/C16H24N2O/c1-2-11-7-9-12(10-8-11)15-17-14-6-4-3-5-13(14)16(19)18-15/h11-12H,2-10H2,1H3,(H,17,18,19). The average Bonchev–Trinajstić information content (AvgIpc) is 2.47. The lowest BCUT2D eigenvalue weighted by Gasteiger charge is -2.27. The maximum absolute atomic E-state index is 12.2. The molecule has 1 N–H and O–H groups in total. The van der Waals surface area contributed by atoms with Crippen LogP contribution in [0.15, 0.2) is 4.79 Å². The van der Waals surface area contributed by atoms with Gasteiger partial charge in [0.1, 0.15) is 5.82 Å². The molecule has 0 atom stereocenters. The summed E-state index contributed by atoms with van der Waals surface area (Å²) >= 11 is 0. The summed E-state index contributed by atoms with van der Waals surface area (Å²) in [5.41, 5.74) is 2.18. The van der Waals surface area contributed by atoms with Crippen LogP contribution >= 0.6 is 0 Å². The van der Waals surface area contributed by atoms with E-state index in [9.17, 15) is 4.79 Å². The molecule has 104 valence electrons. The average molecular weight is 260 g/mol. The monoisotopic (exact) mass is 260 g/mol. The molecule has 2 aliphatic carbocycles. The van der Waals surface area contributed by atoms with E-state index in [1.807, 2.05) is 0 Å². The van der Waals surface area contributed by atoms with Crippen molar-refractivity contribution in [2.75, 3.05) is 0 Å². The second-order valence-electron chi connectivity index (χ2n) is 6.21. The number of hydrogen-bond acceptors (Lipinski definition) is 2. The van der Waals surface area contributed by atoms with Gasteiger partial charge in [-0.15, -0.1) is 0 Å². The quantitative estimate of drug-likeness (QED) is 0.886. The molecule has 19 heavy (non-hydrogen) atoms. The lowest BCUT2D eigenvalue weighted by atomic mass is 9.80. The normalized spacial score (nSPS) is 27.0. The first-order valence-corrected chi connectivity index (χ1v) is 7.90. The van der Waals surface area contributed by atoms with Gasteiger partial charge < -0.3 is 4.98 Å². The van der Waals surface area contributed by atoms with Crippen LogP contribution in [0.4, 0.5) is 0 Å². The highest BCUT2D eigenvalue weighted by atomic mass is 16.1. The SMILES string of the molecule is CCC1CCC(c2nc3c(c(=O)[nH]2)CCCC3)CC1. The number of aromatic nitrogens is 2. The molecule has 0 spiro atoms. The lowest BCUT2D eigenvalue weighted by Crippen LogP contribution is -2.25. The van der Waals surface area contributed by atoms with Crippen molar-refractivity contribution in [3.05, 3.63) is 27.4 Å². The molecule has 2 aliphatic rings. The van der Waals surface area contributed by atoms with E-state index >= 15 is 0 Å². The van der Waals surface area contributed by atoms with Gasteiger partial charge in [-0.1, -0.05) is 13.3 Å². The maximum atomic E-state index is 12.2. The summed E-state index contributed by atoms with van der Waals surface area (Å²) < 4.78 is 0. The summed E-state index contributed by atoms with van der Waals surface area (Å²) in [6.45, 7) is 2.28. The molecule has 1 aromatic heterocycles. The van der Waals surface area contributed by atoms with E-state index in [-0.39, 0.29) is 5.56 Å². The molecule has 1 heterocycles. The lowest BCUT2D eigenvalue weighted by molar-refractivity contribution is 0.311. The van der Waals surface area contributed by atoms with E-state index in [0.717, 1.165) is 42.3 Å². The Balaban J connectivity index is 1.82. The first kappa shape index (κ1) is 12.9. The van der Waals surface area contributed by atoms with Gasteiger partial charge in [-0.2, -0.15) is 0 Å². The van der Waals surface area contributed by atoms with Crippen LogP contribution in [-0.4, -0.2) is 9.97 Å². The number of aromatic amines is 1. The number of rotatable bonds is 2. The van der Waals surface area contributed by atoms with Crippen molar-refractivity contribution >= 4 is 0 Å². The van der Waals surface area contributed by atoms with Crippen LogP contribution in [0.25, 0.3) is 0 Å². The fraction of sp³-hybridized carbons (Fsp3) is 0.750. The number of H-pyrrole nitrogens is 1. The Kier molecular flexibility index (Phi) is 3.72. The Morgan fingerprint density at radius 3 is 2.63 bits per heavy atom. The number of nitrogens with one attached hydrogen (secondary N) is 1. The largest absolute Gasteiger partial charge is 0.310 e. The van der Waals surface area contributed by atoms with Crippen LogP contribution < -0.4 is 5.56 Å². The topological polar surface area (TPSA) is 45.8 Å². The number of aryl methyl sites for hydroxylation is 1. The van der Waals surface area contributed by atoms with Crippen LogP contribution in [0, 0.1) is 5.92 Å². The molecule has 3 nitrogen and oxygen atoms in total. The summed E-state index contributed by atoms with van der Waals surface area (Å²) in [7, 11) is 0. The second kappa shape index (κ2) is 5.48. The fourth-order valence-electron chi connectivity index (χ4n) is 3.66. The molecule has 0 aliphatic heterocycles. The molecule has 3 heteroatoms. The van der Waals surface area contributed by atoms with E-state index in [2.05, 4.69) is 11.9 Å². The van der Waals surface area contributed by atoms with Crippen LogP contribution in [0.1, 0.15) is 74.9 Å². The zero-order valence-corrected chi connectivity index (χ0v) is 11.9. The third-order valence-corrected chi connectivity index (χ3v) is 5.02. The van der Waals surface area contributed by atoms with Crippen molar-refractivity contribution in [1.82, 2.24) is 9.97 Å². The number of nitrogens with zero attached hydrogens (tertiary/aromatic N) is 1. The molecule has 0 radical (unpaired) electrons. The molecule has 1 saturated carbocycles. The Hall–Kier alpha value is -1.12. The third-order valence-electron chi connectivity index (χ3n) is 5.02. The van der Waals surface area contributed by atoms with Gasteiger partial charge in [0.15, 0.2) is 0 Å². The molecule has 1 aromatic rings. The van der Waals surface area contributed by atoms with Crippen molar-refractivity contribution in [3.8, 4) is 0 Å². The highest BCUT2D eigenvalue weighted by molar-refractivity contribution is 5.21. The van der Waals surface area contributed by atoms with E-state index in [0.29, 0.717) is 5.92 Å². The minimum atomic E-state index is 0.136. The molecular formula is C16H24N2O. The molecule has 0 aromatic carbocycles. The third kappa shape index (κ3) is 2.60. The predicted molar refractivity (Wildman–Crippen MR) is 76.5 cm³/mol. The maximum Gasteiger partial charge on any atom is 0.254 e. The Labute approximate surface area is 114 Å². The molecular weight excluding hydrogens is 236 g/mol. The molecule has 0 unspecified atom stereocenters. The summed E-state index contributed by atoms with van der Waals surface area (Å²) in [6.07, 6.45) is 10.5. The highest BCUT2D eigenvalue weighted by Crippen LogP contribution is 2.35. The number of fused-ring (bicyclic) bond motifs is 1. The van der Waals surface area contributed by atoms with Crippen molar-refractivity contribution < 1.29 is 0 Å². The van der Waals surface area contributed by atoms with Gasteiger partial charge in [0.2, 0.25) is 0 Å². The summed E-state index contributed by atoms with van der Waals surface area (Å²) in [5.74, 6) is 2.35. The molecule has 0 amide bonds. The second-order valence-corrected chi connectivity index (χ2v) is 6.21. The van der Waals surface area contributed by atoms with E-state index in [4.69, 9.17) is 4.98 Å². The van der Waals surface area contributed by atoms with E-state index in [1.165, 1.54) is 38.5 Å². The van der Waals surface area contributed by atoms with Gasteiger partial charge in [0, 0.05) is 11.5 Å². The van der Waals surface area contributed by atoms with Gasteiger partial charge in [0.25, 0.3) is 5.56 Å². The Morgan fingerprint density at radius 1 is 1.16 bits per heavy atom. The first-order valence-electron chi connectivity index (χ1n) is 7.90. The van der Waals surface area contributed by atoms with Crippen LogP contribution in [0.3, 0.4) is 0 Å². The van der Waals surface area contributed by atoms with Gasteiger partial charge in [-0.3, -0.25) is 4.79 Å². The van der Waals surface area contributed by atoms with Crippen molar-refractivity contribution in [2.45, 2.75) is 70.6 Å². The van der Waals surface area contributed by atoms with Crippen LogP contribution in [-0.2, 0) is 12.8 Å². The zero-order chi connectivity index (χ0) is 13.2. The Bertz CT molecular complexity index is 498. The van der Waals surface area contributed by atoms with Crippen molar-refractivity contribution in [1.29, 1.82) is 0 Å². The molecule has 3 rings (SSSR count). The summed E-state index contributed by atoms with van der Waals surface area (Å²) in [6, 6.07) is 0. The van der Waals surface area contributed by atoms with Crippen LogP contribution in [0.5, 0.6) is 0 Å². The van der Waals surface area contributed by atoms with Crippen LogP contribution in [0.2, 0.25) is 0 Å². The smallest absolute Gasteiger partial charge is 0.254 e. The van der Waals surface area contributed by atoms with Gasteiger partial charge in [-0.25, -0.2) is 4.98 Å². The van der Waals surface area contributed by atoms with Gasteiger partial charge in [0.05, 0.1) is 5.69 Å². The summed E-state index contributed by atoms with van der Waals surface area (Å²) in [4.78, 5) is 20.0. The van der Waals surface area contributed by atoms with Gasteiger partial charge in [-0.05, 0) is 57.3 Å². The molecule has 0 bridgehead atoms. The van der Waals surface area contributed by atoms with E-state index in [1.54, 1.807) is 0 Å². The van der Waals surface area contributed by atoms with E-state index < -0.39 is 0 Å². The Morgan fingerprint density at radius 2 is 1.89 bits per heavy atom. The molecule has 0 saturated heterocycles. The number of hydrogen-bond donors (Lipinski definition) is 1. The summed E-state index contributed by atoms with van der Waals surface area (Å²) in [5, 5.41) is 0. The minimum Gasteiger partial charge on any atom is -0.310 e. The molecule has 1 fully saturated rings. The zero-order valence-electron chi connectivity index (χ0n) is 11.9. The minimum absolute atomic E-state index is 0.136. The highest BCUT2D eigenvalue weighted by Gasteiger charge is 2.24. The predicted octanol–water partition coefficient (Wildman–Crippen LogP) is 3.33. The first-order chi connectivity index (χ1) is 9.28. The van der Waals surface area contributed by atoms with Crippen molar-refractivity contribution in [3.63, 3.8) is 0 Å². The fourth-order valence-corrected chi connectivity index (χ4v) is 3.66. The van der Waals surface area contributed by atoms with Gasteiger partial charge >= 0.3 is 0 Å².